The lowest BCUT2D eigenvalue weighted by Crippen LogP contribution is -2.53. The van der Waals surface area contributed by atoms with E-state index in [2.05, 4.69) is 14.8 Å². The van der Waals surface area contributed by atoms with Crippen molar-refractivity contribution in [3.05, 3.63) is 28.8 Å². The zero-order chi connectivity index (χ0) is 19.3. The Morgan fingerprint density at radius 2 is 1.77 bits per heavy atom. The number of piperazine rings is 1. The lowest BCUT2D eigenvalue weighted by molar-refractivity contribution is -0.131. The van der Waals surface area contributed by atoms with Crippen molar-refractivity contribution in [3.8, 4) is 0 Å². The summed E-state index contributed by atoms with van der Waals surface area (Å²) in [4.78, 5) is 27.5. The summed E-state index contributed by atoms with van der Waals surface area (Å²) in [6, 6.07) is 5.00. The van der Waals surface area contributed by atoms with Crippen LogP contribution in [0.5, 0.6) is 0 Å². The Labute approximate surface area is 157 Å². The fraction of sp³-hybridized carbons (Fsp3) is 0.467. The molecule has 1 aliphatic heterocycles. The van der Waals surface area contributed by atoms with Gasteiger partial charge in [-0.2, -0.15) is 13.1 Å². The van der Waals surface area contributed by atoms with Gasteiger partial charge < -0.3 is 15.1 Å². The van der Waals surface area contributed by atoms with E-state index in [0.29, 0.717) is 36.9 Å². The first-order chi connectivity index (χ1) is 12.2. The maximum absolute atomic E-state index is 12.3. The molecule has 0 saturated carbocycles. The molecule has 0 aromatic heterocycles. The number of hydrogen-bond donors (Lipinski definition) is 3. The van der Waals surface area contributed by atoms with Crippen LogP contribution in [0, 0.1) is 6.92 Å². The van der Waals surface area contributed by atoms with E-state index in [1.54, 1.807) is 17.0 Å². The Kier molecular flexibility index (Phi) is 6.81. The predicted molar refractivity (Wildman–Crippen MR) is 99.3 cm³/mol. The van der Waals surface area contributed by atoms with E-state index in [1.165, 1.54) is 11.9 Å². The Hall–Kier alpha value is -1.88. The number of hydrogen-bond acceptors (Lipinski definition) is 4. The first kappa shape index (κ1) is 20.4. The van der Waals surface area contributed by atoms with Gasteiger partial charge in [0, 0.05) is 43.9 Å². The van der Waals surface area contributed by atoms with Gasteiger partial charge in [0.15, 0.2) is 0 Å². The highest BCUT2D eigenvalue weighted by Crippen LogP contribution is 2.20. The maximum Gasteiger partial charge on any atom is 0.321 e. The lowest BCUT2D eigenvalue weighted by Gasteiger charge is -2.34. The molecule has 1 aromatic carbocycles. The molecule has 3 N–H and O–H groups in total. The van der Waals surface area contributed by atoms with E-state index in [1.807, 2.05) is 13.0 Å². The second-order valence-corrected chi connectivity index (χ2v) is 7.90. The van der Waals surface area contributed by atoms with Gasteiger partial charge in [0.1, 0.15) is 0 Å². The van der Waals surface area contributed by atoms with E-state index in [0.717, 1.165) is 5.56 Å². The fourth-order valence-corrected chi connectivity index (χ4v) is 3.01. The average Bonchev–Trinajstić information content (AvgIpc) is 2.63. The average molecular weight is 404 g/mol. The summed E-state index contributed by atoms with van der Waals surface area (Å²) in [5.74, 6) is -0.339. The van der Waals surface area contributed by atoms with Crippen molar-refractivity contribution < 1.29 is 18.0 Å². The number of aryl methyl sites for hydroxylation is 1. The molecule has 0 aliphatic carbocycles. The summed E-state index contributed by atoms with van der Waals surface area (Å²) < 4.78 is 26.8. The minimum atomic E-state index is -3.65. The molecule has 1 aromatic rings. The van der Waals surface area contributed by atoms with Gasteiger partial charge in [0.25, 0.3) is 10.2 Å². The molecule has 1 fully saturated rings. The van der Waals surface area contributed by atoms with Crippen LogP contribution in [-0.4, -0.2) is 69.9 Å². The first-order valence-electron chi connectivity index (χ1n) is 8.00. The quantitative estimate of drug-likeness (QED) is 0.659. The van der Waals surface area contributed by atoms with Crippen LogP contribution in [0.25, 0.3) is 0 Å². The van der Waals surface area contributed by atoms with Gasteiger partial charge in [-0.05, 0) is 24.6 Å². The summed E-state index contributed by atoms with van der Waals surface area (Å²) in [6.07, 6.45) is 0. The van der Waals surface area contributed by atoms with E-state index < -0.39 is 10.2 Å². The zero-order valence-corrected chi connectivity index (χ0v) is 16.2. The molecule has 0 atom stereocenters. The molecule has 26 heavy (non-hydrogen) atoms. The SMILES string of the molecule is CNS(=O)(=O)NCC(=O)N1CCN(C(=O)Nc2ccc(C)c(Cl)c2)CC1. The van der Waals surface area contributed by atoms with Gasteiger partial charge >= 0.3 is 6.03 Å². The minimum Gasteiger partial charge on any atom is -0.338 e. The molecule has 11 heteroatoms. The standard InChI is InChI=1S/C15H22ClN5O4S/c1-11-3-4-12(9-13(11)16)19-15(23)21-7-5-20(6-8-21)14(22)10-18-26(24,25)17-2/h3-4,9,17-18H,5-8,10H2,1-2H3,(H,19,23). The third-order valence-electron chi connectivity index (χ3n) is 4.02. The molecule has 0 unspecified atom stereocenters. The van der Waals surface area contributed by atoms with Crippen molar-refractivity contribution in [1.29, 1.82) is 0 Å². The zero-order valence-electron chi connectivity index (χ0n) is 14.6. The number of urea groups is 1. The van der Waals surface area contributed by atoms with Crippen LogP contribution in [0.15, 0.2) is 18.2 Å². The fourth-order valence-electron chi connectivity index (χ4n) is 2.37. The topological polar surface area (TPSA) is 111 Å². The van der Waals surface area contributed by atoms with Crippen molar-refractivity contribution in [2.24, 2.45) is 0 Å². The van der Waals surface area contributed by atoms with Crippen molar-refractivity contribution >= 4 is 39.4 Å². The molecular weight excluding hydrogens is 382 g/mol. The molecule has 144 valence electrons. The number of nitrogens with one attached hydrogen (secondary N) is 3. The molecule has 1 saturated heterocycles. The first-order valence-corrected chi connectivity index (χ1v) is 9.86. The number of nitrogens with zero attached hydrogens (tertiary/aromatic N) is 2. The smallest absolute Gasteiger partial charge is 0.321 e. The van der Waals surface area contributed by atoms with Gasteiger partial charge in [-0.25, -0.2) is 9.52 Å². The molecule has 2 rings (SSSR count). The summed E-state index contributed by atoms with van der Waals surface area (Å²) in [5, 5.41) is 3.35. The molecular formula is C15H22ClN5O4S. The van der Waals surface area contributed by atoms with Gasteiger partial charge in [0.05, 0.1) is 6.54 Å². The van der Waals surface area contributed by atoms with Gasteiger partial charge in [-0.1, -0.05) is 17.7 Å². The number of benzene rings is 1. The maximum atomic E-state index is 12.3. The summed E-state index contributed by atoms with van der Waals surface area (Å²) in [5.41, 5.74) is 1.52. The predicted octanol–water partition coefficient (Wildman–Crippen LogP) is 0.378. The monoisotopic (exact) mass is 403 g/mol. The van der Waals surface area contributed by atoms with Crippen LogP contribution in [0.1, 0.15) is 5.56 Å². The minimum absolute atomic E-state index is 0.270. The molecule has 1 heterocycles. The lowest BCUT2D eigenvalue weighted by atomic mass is 10.2. The number of anilines is 1. The number of amides is 3. The van der Waals surface area contributed by atoms with Crippen molar-refractivity contribution in [2.45, 2.75) is 6.92 Å². The molecule has 3 amide bonds. The van der Waals surface area contributed by atoms with Crippen LogP contribution >= 0.6 is 11.6 Å². The van der Waals surface area contributed by atoms with E-state index >= 15 is 0 Å². The molecule has 1 aliphatic rings. The van der Waals surface area contributed by atoms with Gasteiger partial charge in [-0.15, -0.1) is 0 Å². The summed E-state index contributed by atoms with van der Waals surface area (Å²) in [7, 11) is -2.40. The van der Waals surface area contributed by atoms with Crippen molar-refractivity contribution in [2.75, 3.05) is 45.1 Å². The largest absolute Gasteiger partial charge is 0.338 e. The van der Waals surface area contributed by atoms with Crippen LogP contribution < -0.4 is 14.8 Å². The number of carbonyl (C=O) groups excluding carboxylic acids is 2. The Bertz CT molecular complexity index is 778. The second kappa shape index (κ2) is 8.67. The molecule has 0 bridgehead atoms. The third kappa shape index (κ3) is 5.56. The number of carbonyl (C=O) groups is 2. The summed E-state index contributed by atoms with van der Waals surface area (Å²) in [6.45, 7) is 2.94. The van der Waals surface area contributed by atoms with Gasteiger partial charge in [0.2, 0.25) is 5.91 Å². The van der Waals surface area contributed by atoms with Crippen molar-refractivity contribution in [1.82, 2.24) is 19.2 Å². The Balaban J connectivity index is 1.82. The Morgan fingerprint density at radius 1 is 1.15 bits per heavy atom. The third-order valence-corrected chi connectivity index (χ3v) is 5.49. The van der Waals surface area contributed by atoms with Crippen LogP contribution in [0.2, 0.25) is 5.02 Å². The highest BCUT2D eigenvalue weighted by Gasteiger charge is 2.24. The van der Waals surface area contributed by atoms with Crippen molar-refractivity contribution in [3.63, 3.8) is 0 Å². The van der Waals surface area contributed by atoms with Crippen LogP contribution in [0.4, 0.5) is 10.5 Å². The highest BCUT2D eigenvalue weighted by atomic mass is 35.5. The Morgan fingerprint density at radius 3 is 2.35 bits per heavy atom. The normalized spacial score (nSPS) is 15.0. The van der Waals surface area contributed by atoms with Gasteiger partial charge in [-0.3, -0.25) is 4.79 Å². The highest BCUT2D eigenvalue weighted by molar-refractivity contribution is 7.87. The molecule has 0 radical (unpaired) electrons. The number of rotatable bonds is 5. The molecule has 9 nitrogen and oxygen atoms in total. The number of halogens is 1. The van der Waals surface area contributed by atoms with Crippen LogP contribution in [-0.2, 0) is 15.0 Å². The summed E-state index contributed by atoms with van der Waals surface area (Å²) >= 11 is 6.05. The van der Waals surface area contributed by atoms with Crippen LogP contribution in [0.3, 0.4) is 0 Å². The van der Waals surface area contributed by atoms with E-state index in [9.17, 15) is 18.0 Å². The van der Waals surface area contributed by atoms with E-state index in [4.69, 9.17) is 11.6 Å². The second-order valence-electron chi connectivity index (χ2n) is 5.79. The van der Waals surface area contributed by atoms with E-state index in [-0.39, 0.29) is 18.5 Å². The molecule has 0 spiro atoms.